The van der Waals surface area contributed by atoms with Crippen LogP contribution in [0.25, 0.3) is 0 Å². The molecule has 8 atom stereocenters. The van der Waals surface area contributed by atoms with Crippen molar-refractivity contribution in [1.82, 2.24) is 0 Å². The Morgan fingerprint density at radius 3 is 0.717 bits per heavy atom. The minimum absolute atomic E-state index is 0.0849. The van der Waals surface area contributed by atoms with Crippen LogP contribution in [0.3, 0.4) is 0 Å². The van der Waals surface area contributed by atoms with Gasteiger partial charge < -0.3 is 74.7 Å². The van der Waals surface area contributed by atoms with Gasteiger partial charge in [-0.25, -0.2) is 0 Å². The van der Waals surface area contributed by atoms with Crippen LogP contribution in [0.4, 0.5) is 0 Å². The minimum atomic E-state index is -0.660. The summed E-state index contributed by atoms with van der Waals surface area (Å²) >= 11 is 0. The monoisotopic (exact) mass is 1420 g/mol. The van der Waals surface area contributed by atoms with E-state index in [-0.39, 0.29) is 81.3 Å². The third kappa shape index (κ3) is 74.4. The molecular formula is C80H154O19. The second-order valence-electron chi connectivity index (χ2n) is 27.0. The van der Waals surface area contributed by atoms with E-state index in [4.69, 9.17) is 64.5 Å². The van der Waals surface area contributed by atoms with E-state index in [0.29, 0.717) is 96.2 Å². The molecule has 0 saturated carbocycles. The molecule has 1 heterocycles. The number of epoxide rings is 1. The first-order valence-corrected chi connectivity index (χ1v) is 40.2. The number of esters is 4. The smallest absolute Gasteiger partial charge is 0.306 e. The molecule has 19 nitrogen and oxygen atoms in total. The van der Waals surface area contributed by atoms with Crippen molar-refractivity contribution in [2.75, 3.05) is 52.9 Å². The van der Waals surface area contributed by atoms with Crippen LogP contribution in [0.2, 0.25) is 0 Å². The van der Waals surface area contributed by atoms with Gasteiger partial charge in [0.05, 0.1) is 50.8 Å². The van der Waals surface area contributed by atoms with E-state index in [1.54, 1.807) is 0 Å². The summed E-state index contributed by atoms with van der Waals surface area (Å²) in [6.45, 7) is 8.36. The standard InChI is InChI=1S/C20H40O6.C20H38O5.2C20H38O4/c1-2-17(16-22)26-20(25)14-10-5-3-4-8-12-18(23)19(24)13-9-6-7-11-15-21;1-2-17(16-22)24-20(23)14-10-5-3-4-8-12-18-19(25-18)13-9-6-7-11-15-21;2*1-2-19(18-22)24-20(23)16-14-12-10-8-6-4-3-5-7-9-11-13-15-17-21/h17-19,21-24H,2-16H2,1H3;17-19,21-22H,2-16H2,1H3;2*3,5,19,21-22H,2,4,6-18H2,1H3/b;;5-3+;5-3-. The maximum absolute atomic E-state index is 11.6. The molecule has 1 saturated heterocycles. The second kappa shape index (κ2) is 80.6. The minimum Gasteiger partial charge on any atom is -0.460 e. The van der Waals surface area contributed by atoms with Gasteiger partial charge in [0, 0.05) is 52.1 Å². The number of ether oxygens (including phenoxy) is 5. The largest absolute Gasteiger partial charge is 0.460 e. The molecule has 10 N–H and O–H groups in total. The molecule has 0 aliphatic carbocycles. The van der Waals surface area contributed by atoms with Crippen molar-refractivity contribution in [3.8, 4) is 0 Å². The van der Waals surface area contributed by atoms with Crippen molar-refractivity contribution < 1.29 is 93.9 Å². The van der Waals surface area contributed by atoms with E-state index in [2.05, 4.69) is 24.3 Å². The van der Waals surface area contributed by atoms with Crippen LogP contribution in [0.1, 0.15) is 362 Å². The lowest BCUT2D eigenvalue weighted by Crippen LogP contribution is -2.25. The zero-order valence-corrected chi connectivity index (χ0v) is 63.5. The second-order valence-corrected chi connectivity index (χ2v) is 27.0. The summed E-state index contributed by atoms with van der Waals surface area (Å²) < 4.78 is 26.3. The topological polar surface area (TPSA) is 320 Å². The molecule has 0 bridgehead atoms. The fourth-order valence-corrected chi connectivity index (χ4v) is 11.0. The molecule has 0 aromatic heterocycles. The van der Waals surface area contributed by atoms with E-state index in [9.17, 15) is 29.4 Å². The lowest BCUT2D eigenvalue weighted by Gasteiger charge is -2.17. The van der Waals surface area contributed by atoms with Crippen molar-refractivity contribution in [3.05, 3.63) is 24.3 Å². The van der Waals surface area contributed by atoms with Crippen molar-refractivity contribution in [1.29, 1.82) is 0 Å². The normalized spacial score (nSPS) is 15.2. The Hall–Kier alpha value is -3.08. The first kappa shape index (κ1) is 100. The summed E-state index contributed by atoms with van der Waals surface area (Å²) in [7, 11) is 0. The summed E-state index contributed by atoms with van der Waals surface area (Å²) in [5.74, 6) is -0.798. The Balaban J connectivity index is -0.00000124. The number of aliphatic hydroxyl groups is 10. The van der Waals surface area contributed by atoms with E-state index < -0.39 is 12.2 Å². The summed E-state index contributed by atoms with van der Waals surface area (Å²) in [5.41, 5.74) is 0. The number of rotatable bonds is 69. The quantitative estimate of drug-likeness (QED) is 0.00889. The molecule has 0 aromatic rings. The number of allylic oxidation sites excluding steroid dienone is 4. The molecule has 8 unspecified atom stereocenters. The summed E-state index contributed by atoms with van der Waals surface area (Å²) in [5, 5.41) is 90.6. The molecule has 1 aliphatic rings. The van der Waals surface area contributed by atoms with Crippen molar-refractivity contribution >= 4 is 23.9 Å². The molecule has 0 radical (unpaired) electrons. The van der Waals surface area contributed by atoms with Gasteiger partial charge in [0.2, 0.25) is 0 Å². The summed E-state index contributed by atoms with van der Waals surface area (Å²) in [6.07, 6.45) is 58.2. The fourth-order valence-electron chi connectivity index (χ4n) is 11.0. The van der Waals surface area contributed by atoms with Crippen molar-refractivity contribution in [3.63, 3.8) is 0 Å². The van der Waals surface area contributed by atoms with Gasteiger partial charge in [0.25, 0.3) is 0 Å². The van der Waals surface area contributed by atoms with Gasteiger partial charge in [0.1, 0.15) is 24.4 Å². The highest BCUT2D eigenvalue weighted by Crippen LogP contribution is 2.32. The maximum atomic E-state index is 11.6. The molecule has 0 amide bonds. The van der Waals surface area contributed by atoms with Gasteiger partial charge in [0.15, 0.2) is 0 Å². The fraction of sp³-hybridized carbons (Fsp3) is 0.900. The van der Waals surface area contributed by atoms with E-state index in [1.165, 1.54) is 96.3 Å². The number of hydrogen-bond acceptors (Lipinski definition) is 19. The van der Waals surface area contributed by atoms with E-state index >= 15 is 0 Å². The molecule has 0 spiro atoms. The zero-order valence-electron chi connectivity index (χ0n) is 63.5. The molecule has 1 rings (SSSR count). The maximum Gasteiger partial charge on any atom is 0.306 e. The Morgan fingerprint density at radius 2 is 0.495 bits per heavy atom. The molecule has 588 valence electrons. The number of hydrogen-bond donors (Lipinski definition) is 10. The van der Waals surface area contributed by atoms with Crippen LogP contribution in [-0.2, 0) is 42.9 Å². The summed E-state index contributed by atoms with van der Waals surface area (Å²) in [6, 6.07) is 0. The van der Waals surface area contributed by atoms with Crippen molar-refractivity contribution in [2.45, 2.75) is 410 Å². The third-order valence-corrected chi connectivity index (χ3v) is 17.9. The van der Waals surface area contributed by atoms with Gasteiger partial charge in [-0.15, -0.1) is 0 Å². The Bertz CT molecular complexity index is 1680. The number of unbranched alkanes of at least 4 members (excludes halogenated alkanes) is 32. The van der Waals surface area contributed by atoms with Gasteiger partial charge in [-0.05, 0) is 154 Å². The highest BCUT2D eigenvalue weighted by molar-refractivity contribution is 5.70. The van der Waals surface area contributed by atoms with Crippen LogP contribution in [-0.4, -0.2) is 177 Å². The van der Waals surface area contributed by atoms with Crippen LogP contribution in [0.5, 0.6) is 0 Å². The Morgan fingerprint density at radius 1 is 0.293 bits per heavy atom. The number of carbonyl (C=O) groups is 4. The lowest BCUT2D eigenvalue weighted by molar-refractivity contribution is -0.152. The van der Waals surface area contributed by atoms with Crippen LogP contribution in [0.15, 0.2) is 24.3 Å². The molecule has 1 aliphatic heterocycles. The van der Waals surface area contributed by atoms with Crippen LogP contribution in [0, 0.1) is 0 Å². The molecular weight excluding hydrogens is 1260 g/mol. The number of aliphatic hydroxyl groups excluding tert-OH is 10. The van der Waals surface area contributed by atoms with E-state index in [1.807, 2.05) is 27.7 Å². The first-order chi connectivity index (χ1) is 48.2. The highest BCUT2D eigenvalue weighted by atomic mass is 16.6. The summed E-state index contributed by atoms with van der Waals surface area (Å²) in [4.78, 5) is 46.2. The average molecular weight is 1420 g/mol. The van der Waals surface area contributed by atoms with Gasteiger partial charge in [-0.2, -0.15) is 0 Å². The highest BCUT2D eigenvalue weighted by Gasteiger charge is 2.36. The number of carbonyl (C=O) groups excluding carboxylic acids is 4. The predicted octanol–water partition coefficient (Wildman–Crippen LogP) is 15.5. The van der Waals surface area contributed by atoms with Gasteiger partial charge in [-0.1, -0.05) is 206 Å². The molecule has 1 fully saturated rings. The predicted molar refractivity (Wildman–Crippen MR) is 398 cm³/mol. The molecule has 19 heteroatoms. The SMILES string of the molecule is CCC(CO)OC(=O)CCCCCCC/C=C/CCCCCCO.CCC(CO)OC(=O)CCCCCCC/C=C\CCCCCCO.CCC(CO)OC(=O)CCCCCCCC(O)C(O)CCCCCCO.CCC(CO)OC(=O)CCCCCCCC1OC1CCCCCCO. The molecule has 0 aromatic carbocycles. The van der Waals surface area contributed by atoms with Crippen molar-refractivity contribution in [2.24, 2.45) is 0 Å². The van der Waals surface area contributed by atoms with Gasteiger partial charge >= 0.3 is 23.9 Å². The zero-order chi connectivity index (χ0) is 73.7. The first-order valence-electron chi connectivity index (χ1n) is 40.2. The lowest BCUT2D eigenvalue weighted by atomic mass is 10.00. The van der Waals surface area contributed by atoms with E-state index in [0.717, 1.165) is 173 Å². The van der Waals surface area contributed by atoms with Crippen LogP contribution >= 0.6 is 0 Å². The average Bonchev–Trinajstić information content (AvgIpc) is 1.72. The Kier molecular flexibility index (Phi) is 81.5. The molecule has 99 heavy (non-hydrogen) atoms. The third-order valence-electron chi connectivity index (χ3n) is 17.9. The Labute approximate surface area is 602 Å². The van der Waals surface area contributed by atoms with Crippen LogP contribution < -0.4 is 0 Å². The van der Waals surface area contributed by atoms with Gasteiger partial charge in [-0.3, -0.25) is 19.2 Å².